The van der Waals surface area contributed by atoms with E-state index in [1.165, 1.54) is 5.56 Å². The van der Waals surface area contributed by atoms with Crippen molar-refractivity contribution in [3.63, 3.8) is 0 Å². The standard InChI is InChI=1S/C36H52F5NO6S/c1-21(2)30(31(44)48-33(3,4)5)42-32(45)47-24-10-11-25-23(20-24)19-22(29-26(25)14-16-34(6)27(29)12-13-28(34)43)9-7-17-49(46)18-8-15-35(37,38)36(39,40)41/h10-11,20-22,26-30,43H,7-9,12-19H2,1-6H3,(H,42,45)/t22-,26-,27+,28+,29-,30+,34+,49?/m1/s1. The minimum absolute atomic E-state index is 0.153. The molecule has 0 bridgehead atoms. The fourth-order valence-corrected chi connectivity index (χ4v) is 9.58. The summed E-state index contributed by atoms with van der Waals surface area (Å²) >= 11 is 0. The smallest absolute Gasteiger partial charge is 0.453 e. The summed E-state index contributed by atoms with van der Waals surface area (Å²) in [5, 5.41) is 13.6. The molecule has 7 nitrogen and oxygen atoms in total. The highest BCUT2D eigenvalue weighted by Gasteiger charge is 2.57. The summed E-state index contributed by atoms with van der Waals surface area (Å²) in [5.41, 5.74) is 1.28. The van der Waals surface area contributed by atoms with Gasteiger partial charge in [0, 0.05) is 28.7 Å². The van der Waals surface area contributed by atoms with Gasteiger partial charge in [0.15, 0.2) is 0 Å². The van der Waals surface area contributed by atoms with Crippen molar-refractivity contribution in [2.75, 3.05) is 11.5 Å². The molecule has 1 unspecified atom stereocenters. The van der Waals surface area contributed by atoms with Gasteiger partial charge in [-0.3, -0.25) is 4.21 Å². The lowest BCUT2D eigenvalue weighted by Gasteiger charge is -2.53. The topological polar surface area (TPSA) is 102 Å². The first-order valence-corrected chi connectivity index (χ1v) is 18.9. The largest absolute Gasteiger partial charge is 0.458 e. The lowest BCUT2D eigenvalue weighted by atomic mass is 9.52. The molecule has 0 aliphatic heterocycles. The molecule has 49 heavy (non-hydrogen) atoms. The summed E-state index contributed by atoms with van der Waals surface area (Å²) in [5.74, 6) is -4.35. The third kappa shape index (κ3) is 9.34. The van der Waals surface area contributed by atoms with E-state index in [0.717, 1.165) is 31.2 Å². The summed E-state index contributed by atoms with van der Waals surface area (Å²) in [6.45, 7) is 11.0. The molecule has 3 aliphatic carbocycles. The van der Waals surface area contributed by atoms with Gasteiger partial charge in [-0.25, -0.2) is 9.59 Å². The zero-order valence-corrected chi connectivity index (χ0v) is 30.2. The molecule has 4 rings (SSSR count). The Morgan fingerprint density at radius 1 is 1.06 bits per heavy atom. The van der Waals surface area contributed by atoms with Crippen molar-refractivity contribution >= 4 is 22.9 Å². The number of fused-ring (bicyclic) bond motifs is 5. The number of rotatable bonds is 12. The number of esters is 1. The van der Waals surface area contributed by atoms with E-state index in [1.807, 2.05) is 12.1 Å². The lowest BCUT2D eigenvalue weighted by Crippen LogP contribution is -2.48. The molecule has 2 saturated carbocycles. The minimum Gasteiger partial charge on any atom is -0.458 e. The summed E-state index contributed by atoms with van der Waals surface area (Å²) < 4.78 is 87.9. The molecular weight excluding hydrogens is 669 g/mol. The molecule has 2 N–H and O–H groups in total. The number of aliphatic hydroxyl groups is 1. The summed E-state index contributed by atoms with van der Waals surface area (Å²) in [6, 6.07) is 4.71. The summed E-state index contributed by atoms with van der Waals surface area (Å²) in [6.07, 6.45) is -3.37. The van der Waals surface area contributed by atoms with Crippen molar-refractivity contribution in [2.24, 2.45) is 29.1 Å². The maximum absolute atomic E-state index is 13.3. The van der Waals surface area contributed by atoms with E-state index >= 15 is 0 Å². The lowest BCUT2D eigenvalue weighted by molar-refractivity contribution is -0.284. The van der Waals surface area contributed by atoms with Crippen molar-refractivity contribution in [2.45, 2.75) is 135 Å². The van der Waals surface area contributed by atoms with Gasteiger partial charge >= 0.3 is 24.2 Å². The number of carbonyl (C=O) groups is 2. The first-order chi connectivity index (χ1) is 22.6. The van der Waals surface area contributed by atoms with Gasteiger partial charge in [-0.15, -0.1) is 0 Å². The second kappa shape index (κ2) is 15.1. The molecule has 0 saturated heterocycles. The van der Waals surface area contributed by atoms with E-state index < -0.39 is 59.4 Å². The Labute approximate surface area is 288 Å². The van der Waals surface area contributed by atoms with Crippen LogP contribution in [0.2, 0.25) is 0 Å². The van der Waals surface area contributed by atoms with Crippen LogP contribution in [0.5, 0.6) is 5.75 Å². The molecule has 3 aliphatic rings. The number of aliphatic hydroxyl groups excluding tert-OH is 1. The number of alkyl halides is 5. The second-order valence-electron chi connectivity index (χ2n) is 15.8. The van der Waals surface area contributed by atoms with Crippen LogP contribution in [-0.2, 0) is 26.8 Å². The molecule has 13 heteroatoms. The van der Waals surface area contributed by atoms with Crippen LogP contribution in [0.3, 0.4) is 0 Å². The highest BCUT2D eigenvalue weighted by Crippen LogP contribution is 2.62. The molecule has 0 aromatic heterocycles. The number of hydrogen-bond acceptors (Lipinski definition) is 6. The minimum atomic E-state index is -5.62. The van der Waals surface area contributed by atoms with Gasteiger partial charge in [0.25, 0.3) is 0 Å². The molecule has 0 radical (unpaired) electrons. The van der Waals surface area contributed by atoms with Crippen molar-refractivity contribution in [3.8, 4) is 5.75 Å². The molecule has 0 heterocycles. The predicted octanol–water partition coefficient (Wildman–Crippen LogP) is 8.09. The predicted molar refractivity (Wildman–Crippen MR) is 177 cm³/mol. The Bertz CT molecular complexity index is 1360. The Balaban J connectivity index is 1.46. The average Bonchev–Trinajstić information content (AvgIpc) is 3.27. The molecule has 1 aromatic rings. The van der Waals surface area contributed by atoms with Gasteiger partial charge in [0.1, 0.15) is 17.4 Å². The molecule has 2 fully saturated rings. The van der Waals surface area contributed by atoms with E-state index in [2.05, 4.69) is 12.2 Å². The molecule has 8 atom stereocenters. The van der Waals surface area contributed by atoms with Crippen LogP contribution in [0.1, 0.15) is 110 Å². The normalized spacial score (nSPS) is 28.2. The van der Waals surface area contributed by atoms with Gasteiger partial charge in [0.2, 0.25) is 0 Å². The van der Waals surface area contributed by atoms with Crippen LogP contribution in [0, 0.1) is 29.1 Å². The van der Waals surface area contributed by atoms with Gasteiger partial charge < -0.3 is 19.9 Å². The first kappa shape index (κ1) is 39.5. The fourth-order valence-electron chi connectivity index (χ4n) is 8.42. The number of nitrogens with one attached hydrogen (secondary N) is 1. The number of benzene rings is 1. The van der Waals surface area contributed by atoms with Crippen LogP contribution >= 0.6 is 0 Å². The van der Waals surface area contributed by atoms with Crippen LogP contribution in [0.15, 0.2) is 18.2 Å². The Hall–Kier alpha value is -2.28. The highest BCUT2D eigenvalue weighted by atomic mass is 32.2. The molecule has 1 aromatic carbocycles. The molecule has 1 amide bonds. The van der Waals surface area contributed by atoms with Crippen molar-refractivity contribution in [3.05, 3.63) is 29.3 Å². The third-order valence-corrected chi connectivity index (χ3v) is 12.3. The van der Waals surface area contributed by atoms with Crippen molar-refractivity contribution in [1.29, 1.82) is 0 Å². The zero-order valence-electron chi connectivity index (χ0n) is 29.3. The first-order valence-electron chi connectivity index (χ1n) is 17.4. The monoisotopic (exact) mass is 721 g/mol. The maximum Gasteiger partial charge on any atom is 0.453 e. The van der Waals surface area contributed by atoms with E-state index in [-0.39, 0.29) is 52.6 Å². The molecular formula is C36H52F5NO6S. The quantitative estimate of drug-likeness (QED) is 0.167. The average molecular weight is 722 g/mol. The summed E-state index contributed by atoms with van der Waals surface area (Å²) in [7, 11) is -1.53. The van der Waals surface area contributed by atoms with E-state index in [1.54, 1.807) is 40.7 Å². The van der Waals surface area contributed by atoms with Crippen LogP contribution in [0.25, 0.3) is 0 Å². The van der Waals surface area contributed by atoms with Gasteiger partial charge in [-0.1, -0.05) is 26.8 Å². The summed E-state index contributed by atoms with van der Waals surface area (Å²) in [4.78, 5) is 25.7. The van der Waals surface area contributed by atoms with Crippen LogP contribution < -0.4 is 10.1 Å². The van der Waals surface area contributed by atoms with Gasteiger partial charge in [0.05, 0.1) is 6.10 Å². The molecule has 0 spiro atoms. The number of halogens is 5. The number of carbonyl (C=O) groups excluding carboxylic acids is 2. The Kier molecular flexibility index (Phi) is 12.2. The van der Waals surface area contributed by atoms with Crippen molar-refractivity contribution in [1.82, 2.24) is 5.32 Å². The van der Waals surface area contributed by atoms with E-state index in [4.69, 9.17) is 9.47 Å². The van der Waals surface area contributed by atoms with Crippen LogP contribution in [0.4, 0.5) is 26.7 Å². The fraction of sp³-hybridized carbons (Fsp3) is 0.778. The van der Waals surface area contributed by atoms with E-state index in [0.29, 0.717) is 25.0 Å². The molecule has 278 valence electrons. The number of hydrogen-bond donors (Lipinski definition) is 2. The number of ether oxygens (including phenoxy) is 2. The Morgan fingerprint density at radius 3 is 2.37 bits per heavy atom. The third-order valence-electron chi connectivity index (χ3n) is 10.9. The van der Waals surface area contributed by atoms with Crippen molar-refractivity contribution < 1.29 is 50.3 Å². The van der Waals surface area contributed by atoms with E-state index in [9.17, 15) is 40.9 Å². The zero-order chi connectivity index (χ0) is 36.5. The number of amides is 1. The maximum atomic E-state index is 13.3. The SMILES string of the molecule is CC(C)[C@H](NC(=O)Oc1ccc2c(c1)C[C@@H](CCCS(=O)CCCC(F)(F)C(F)(F)F)[C@@H]1[C@@H]2CC[C@]2(C)[C@@H](O)CC[C@@H]12)C(=O)OC(C)(C)C. The van der Waals surface area contributed by atoms with Crippen LogP contribution in [-0.4, -0.2) is 62.7 Å². The van der Waals surface area contributed by atoms with Gasteiger partial charge in [-0.2, -0.15) is 22.0 Å². The Morgan fingerprint density at radius 2 is 1.73 bits per heavy atom. The highest BCUT2D eigenvalue weighted by molar-refractivity contribution is 7.84. The van der Waals surface area contributed by atoms with Gasteiger partial charge in [-0.05, 0) is 130 Å². The second-order valence-corrected chi connectivity index (χ2v) is 17.5.